The molecule has 17 heavy (non-hydrogen) atoms. The molecule has 1 fully saturated rings. The molecule has 1 heterocycles. The van der Waals surface area contributed by atoms with Gasteiger partial charge in [-0.3, -0.25) is 9.59 Å². The van der Waals surface area contributed by atoms with Crippen LogP contribution in [0.4, 0.5) is 0 Å². The Morgan fingerprint density at radius 2 is 2.18 bits per heavy atom. The molecule has 2 atom stereocenters. The Bertz CT molecular complexity index is 300. The molecule has 2 amide bonds. The summed E-state index contributed by atoms with van der Waals surface area (Å²) in [5.41, 5.74) is 5.15. The van der Waals surface area contributed by atoms with Crippen molar-refractivity contribution in [1.82, 2.24) is 10.2 Å². The Kier molecular flexibility index (Phi) is 4.51. The second-order valence-electron chi connectivity index (χ2n) is 4.89. The third-order valence-electron chi connectivity index (χ3n) is 3.81. The third-order valence-corrected chi connectivity index (χ3v) is 3.81. The van der Waals surface area contributed by atoms with Crippen LogP contribution < -0.4 is 11.1 Å². The lowest BCUT2D eigenvalue weighted by molar-refractivity contribution is -0.145. The van der Waals surface area contributed by atoms with Crippen molar-refractivity contribution in [2.75, 3.05) is 20.1 Å². The first-order chi connectivity index (χ1) is 8.00. The van der Waals surface area contributed by atoms with Gasteiger partial charge >= 0.3 is 0 Å². The number of carbonyl (C=O) groups excluding carboxylic acids is 2. The number of rotatable bonds is 4. The highest BCUT2D eigenvalue weighted by Gasteiger charge is 2.41. The van der Waals surface area contributed by atoms with E-state index in [-0.39, 0.29) is 17.9 Å². The lowest BCUT2D eigenvalue weighted by Crippen LogP contribution is -2.51. The molecule has 5 heteroatoms. The van der Waals surface area contributed by atoms with Gasteiger partial charge in [0, 0.05) is 20.1 Å². The monoisotopic (exact) mass is 241 g/mol. The summed E-state index contributed by atoms with van der Waals surface area (Å²) in [5.74, 6) is -0.0695. The molecule has 5 nitrogen and oxygen atoms in total. The second-order valence-corrected chi connectivity index (χ2v) is 4.89. The lowest BCUT2D eigenvalue weighted by Gasteiger charge is -2.33. The van der Waals surface area contributed by atoms with Crippen molar-refractivity contribution in [3.05, 3.63) is 0 Å². The van der Waals surface area contributed by atoms with Crippen LogP contribution in [-0.2, 0) is 9.59 Å². The van der Waals surface area contributed by atoms with Gasteiger partial charge in [-0.15, -0.1) is 0 Å². The smallest absolute Gasteiger partial charge is 0.242 e. The van der Waals surface area contributed by atoms with Gasteiger partial charge in [-0.05, 0) is 26.2 Å². The molecule has 1 saturated heterocycles. The van der Waals surface area contributed by atoms with Crippen LogP contribution in [0.5, 0.6) is 0 Å². The summed E-state index contributed by atoms with van der Waals surface area (Å²) in [6, 6.07) is -0.315. The molecule has 3 N–H and O–H groups in total. The molecule has 0 bridgehead atoms. The van der Waals surface area contributed by atoms with E-state index in [9.17, 15) is 9.59 Å². The largest absolute Gasteiger partial charge is 0.357 e. The van der Waals surface area contributed by atoms with E-state index in [4.69, 9.17) is 5.73 Å². The van der Waals surface area contributed by atoms with Crippen LogP contribution in [0.2, 0.25) is 0 Å². The molecule has 0 aromatic carbocycles. The van der Waals surface area contributed by atoms with Gasteiger partial charge in [0.15, 0.2) is 0 Å². The fraction of sp³-hybridized carbons (Fsp3) is 0.833. The molecule has 0 aliphatic carbocycles. The van der Waals surface area contributed by atoms with E-state index in [0.717, 1.165) is 12.8 Å². The number of hydrogen-bond acceptors (Lipinski definition) is 3. The zero-order valence-electron chi connectivity index (χ0n) is 11.0. The Morgan fingerprint density at radius 1 is 1.53 bits per heavy atom. The molecular formula is C12H23N3O2. The maximum absolute atomic E-state index is 12.4. The zero-order chi connectivity index (χ0) is 13.1. The van der Waals surface area contributed by atoms with Gasteiger partial charge in [0.25, 0.3) is 0 Å². The number of likely N-dealkylation sites (N-methyl/N-ethyl adjacent to an activating group) is 1. The summed E-state index contributed by atoms with van der Waals surface area (Å²) in [4.78, 5) is 25.8. The first kappa shape index (κ1) is 14.0. The molecular weight excluding hydrogens is 218 g/mol. The van der Waals surface area contributed by atoms with Crippen LogP contribution in [0, 0.1) is 5.41 Å². The maximum Gasteiger partial charge on any atom is 0.242 e. The quantitative estimate of drug-likeness (QED) is 0.733. The fourth-order valence-electron chi connectivity index (χ4n) is 2.18. The number of nitrogens with zero attached hydrogens (tertiary/aromatic N) is 1. The molecule has 0 aromatic rings. The van der Waals surface area contributed by atoms with Crippen molar-refractivity contribution in [3.8, 4) is 0 Å². The summed E-state index contributed by atoms with van der Waals surface area (Å²) in [6.45, 7) is 4.80. The van der Waals surface area contributed by atoms with Crippen molar-refractivity contribution in [2.24, 2.45) is 11.1 Å². The maximum atomic E-state index is 12.4. The van der Waals surface area contributed by atoms with Crippen LogP contribution in [-0.4, -0.2) is 42.9 Å². The van der Waals surface area contributed by atoms with E-state index < -0.39 is 5.41 Å². The number of nitrogens with one attached hydrogen (secondary N) is 1. The van der Waals surface area contributed by atoms with Crippen molar-refractivity contribution < 1.29 is 9.59 Å². The van der Waals surface area contributed by atoms with Crippen LogP contribution in [0.15, 0.2) is 0 Å². The highest BCUT2D eigenvalue weighted by atomic mass is 16.2. The molecule has 0 radical (unpaired) electrons. The van der Waals surface area contributed by atoms with Crippen molar-refractivity contribution >= 4 is 11.8 Å². The Morgan fingerprint density at radius 3 is 2.65 bits per heavy atom. The van der Waals surface area contributed by atoms with Crippen LogP contribution in [0.25, 0.3) is 0 Å². The minimum atomic E-state index is -0.545. The van der Waals surface area contributed by atoms with Crippen LogP contribution in [0.3, 0.4) is 0 Å². The number of likely N-dealkylation sites (tertiary alicyclic amines) is 1. The highest BCUT2D eigenvalue weighted by molar-refractivity contribution is 5.90. The van der Waals surface area contributed by atoms with Gasteiger partial charge in [0.1, 0.15) is 6.04 Å². The van der Waals surface area contributed by atoms with E-state index in [2.05, 4.69) is 5.32 Å². The van der Waals surface area contributed by atoms with E-state index in [1.165, 1.54) is 0 Å². The second kappa shape index (κ2) is 5.49. The summed E-state index contributed by atoms with van der Waals surface area (Å²) >= 11 is 0. The minimum absolute atomic E-state index is 0.00796. The molecule has 0 aromatic heterocycles. The van der Waals surface area contributed by atoms with E-state index in [1.807, 2.05) is 13.8 Å². The molecule has 98 valence electrons. The Labute approximate surface area is 103 Å². The van der Waals surface area contributed by atoms with Crippen LogP contribution in [0.1, 0.15) is 33.1 Å². The standard InChI is InChI=1S/C12H23N3O2/c1-4-12(2,8-13)11(17)15-7-5-6-9(15)10(16)14-3/h9H,4-8,13H2,1-3H3,(H,14,16). The fourth-order valence-corrected chi connectivity index (χ4v) is 2.18. The molecule has 0 saturated carbocycles. The Balaban J connectivity index is 2.84. The van der Waals surface area contributed by atoms with Crippen molar-refractivity contribution in [1.29, 1.82) is 0 Å². The molecule has 2 unspecified atom stereocenters. The predicted octanol–water partition coefficient (Wildman–Crippen LogP) is 0.0984. The molecule has 1 aliphatic rings. The van der Waals surface area contributed by atoms with E-state index in [1.54, 1.807) is 11.9 Å². The van der Waals surface area contributed by atoms with Gasteiger partial charge < -0.3 is 16.0 Å². The minimum Gasteiger partial charge on any atom is -0.357 e. The summed E-state index contributed by atoms with van der Waals surface area (Å²) in [7, 11) is 1.60. The topological polar surface area (TPSA) is 75.4 Å². The molecule has 1 aliphatic heterocycles. The van der Waals surface area contributed by atoms with Gasteiger partial charge in [0.2, 0.25) is 11.8 Å². The summed E-state index contributed by atoms with van der Waals surface area (Å²) in [5, 5.41) is 2.62. The van der Waals surface area contributed by atoms with Gasteiger partial charge in [-0.25, -0.2) is 0 Å². The predicted molar refractivity (Wildman–Crippen MR) is 66.3 cm³/mol. The zero-order valence-corrected chi connectivity index (χ0v) is 11.0. The lowest BCUT2D eigenvalue weighted by atomic mass is 9.86. The Hall–Kier alpha value is -1.10. The summed E-state index contributed by atoms with van der Waals surface area (Å²) < 4.78 is 0. The van der Waals surface area contributed by atoms with Gasteiger partial charge in [-0.1, -0.05) is 6.92 Å². The van der Waals surface area contributed by atoms with Crippen LogP contribution >= 0.6 is 0 Å². The van der Waals surface area contributed by atoms with Gasteiger partial charge in [0.05, 0.1) is 5.41 Å². The van der Waals surface area contributed by atoms with E-state index in [0.29, 0.717) is 19.5 Å². The van der Waals surface area contributed by atoms with E-state index >= 15 is 0 Å². The highest BCUT2D eigenvalue weighted by Crippen LogP contribution is 2.28. The number of hydrogen-bond donors (Lipinski definition) is 2. The first-order valence-electron chi connectivity index (χ1n) is 6.23. The van der Waals surface area contributed by atoms with Crippen molar-refractivity contribution in [3.63, 3.8) is 0 Å². The van der Waals surface area contributed by atoms with Crippen molar-refractivity contribution in [2.45, 2.75) is 39.2 Å². The molecule has 0 spiro atoms. The average Bonchev–Trinajstić information content (AvgIpc) is 2.84. The number of carbonyl (C=O) groups is 2. The average molecular weight is 241 g/mol. The summed E-state index contributed by atoms with van der Waals surface area (Å²) in [6.07, 6.45) is 2.32. The molecule has 1 rings (SSSR count). The first-order valence-corrected chi connectivity index (χ1v) is 6.23. The number of nitrogens with two attached hydrogens (primary N) is 1. The third kappa shape index (κ3) is 2.60. The normalized spacial score (nSPS) is 23.3. The number of amides is 2. The SMILES string of the molecule is CCC(C)(CN)C(=O)N1CCCC1C(=O)NC. The van der Waals surface area contributed by atoms with Gasteiger partial charge in [-0.2, -0.15) is 0 Å².